The van der Waals surface area contributed by atoms with E-state index in [0.29, 0.717) is 5.25 Å². The van der Waals surface area contributed by atoms with Crippen molar-refractivity contribution >= 4 is 23.1 Å². The molecule has 0 aromatic heterocycles. The van der Waals surface area contributed by atoms with E-state index in [9.17, 15) is 10.1 Å². The zero-order chi connectivity index (χ0) is 11.3. The molecule has 0 unspecified atom stereocenters. The third kappa shape index (κ3) is 3.79. The number of anilines is 1. The fraction of sp³-hybridized carbons (Fsp3) is 0.400. The fourth-order valence-corrected chi connectivity index (χ4v) is 1.30. The van der Waals surface area contributed by atoms with Gasteiger partial charge in [0.1, 0.15) is 0 Å². The first-order valence-electron chi connectivity index (χ1n) is 4.64. The van der Waals surface area contributed by atoms with Crippen molar-refractivity contribution in [2.45, 2.75) is 12.2 Å². The van der Waals surface area contributed by atoms with Gasteiger partial charge in [-0.05, 0) is 18.4 Å². The zero-order valence-corrected chi connectivity index (χ0v) is 9.58. The molecule has 1 atom stereocenters. The number of rotatable bonds is 5. The number of hydrogen-bond acceptors (Lipinski definition) is 4. The van der Waals surface area contributed by atoms with Crippen molar-refractivity contribution < 1.29 is 4.92 Å². The Labute approximate surface area is 93.2 Å². The van der Waals surface area contributed by atoms with Gasteiger partial charge in [-0.15, -0.1) is 0 Å². The molecule has 1 N–H and O–H groups in total. The Morgan fingerprint density at radius 1 is 1.47 bits per heavy atom. The second kappa shape index (κ2) is 5.60. The summed E-state index contributed by atoms with van der Waals surface area (Å²) in [6.45, 7) is 2.99. The Balaban J connectivity index is 2.53. The van der Waals surface area contributed by atoms with E-state index in [4.69, 9.17) is 0 Å². The first-order chi connectivity index (χ1) is 7.13. The molecule has 0 radical (unpaired) electrons. The number of benzene rings is 1. The van der Waals surface area contributed by atoms with Gasteiger partial charge in [-0.3, -0.25) is 10.1 Å². The highest BCUT2D eigenvalue weighted by Crippen LogP contribution is 2.16. The normalized spacial score (nSPS) is 12.1. The maximum atomic E-state index is 10.4. The van der Waals surface area contributed by atoms with Crippen molar-refractivity contribution in [3.05, 3.63) is 34.4 Å². The highest BCUT2D eigenvalue weighted by Gasteiger charge is 2.04. The van der Waals surface area contributed by atoms with Crippen LogP contribution in [0.2, 0.25) is 0 Å². The van der Waals surface area contributed by atoms with E-state index >= 15 is 0 Å². The van der Waals surface area contributed by atoms with Gasteiger partial charge in [0.2, 0.25) is 0 Å². The topological polar surface area (TPSA) is 55.2 Å². The lowest BCUT2D eigenvalue weighted by Gasteiger charge is -2.10. The SMILES string of the molecule is CS[C@@H](C)CNc1ccc([N+](=O)[O-])cc1. The van der Waals surface area contributed by atoms with Crippen molar-refractivity contribution in [1.29, 1.82) is 0 Å². The number of thioether (sulfide) groups is 1. The first kappa shape index (κ1) is 11.8. The van der Waals surface area contributed by atoms with E-state index in [1.165, 1.54) is 12.1 Å². The molecule has 0 saturated carbocycles. The molecule has 82 valence electrons. The molecule has 0 heterocycles. The van der Waals surface area contributed by atoms with Crippen LogP contribution in [0.25, 0.3) is 0 Å². The summed E-state index contributed by atoms with van der Waals surface area (Å²) in [6, 6.07) is 6.47. The summed E-state index contributed by atoms with van der Waals surface area (Å²) in [5.74, 6) is 0. The standard InChI is InChI=1S/C10H14N2O2S/c1-8(15-2)7-11-9-3-5-10(6-4-9)12(13)14/h3-6,8,11H,7H2,1-2H3/t8-/m0/s1. The number of hydrogen-bond donors (Lipinski definition) is 1. The molecule has 0 aliphatic rings. The Bertz CT molecular complexity index is 327. The van der Waals surface area contributed by atoms with Gasteiger partial charge >= 0.3 is 0 Å². The van der Waals surface area contributed by atoms with E-state index in [1.54, 1.807) is 23.9 Å². The van der Waals surface area contributed by atoms with Crippen molar-refractivity contribution in [3.8, 4) is 0 Å². The van der Waals surface area contributed by atoms with Crippen LogP contribution < -0.4 is 5.32 Å². The quantitative estimate of drug-likeness (QED) is 0.619. The summed E-state index contributed by atoms with van der Waals surface area (Å²) in [5.41, 5.74) is 1.04. The zero-order valence-electron chi connectivity index (χ0n) is 8.77. The second-order valence-electron chi connectivity index (χ2n) is 3.23. The van der Waals surface area contributed by atoms with Crippen LogP contribution in [0.15, 0.2) is 24.3 Å². The summed E-state index contributed by atoms with van der Waals surface area (Å²) >= 11 is 1.78. The molecule has 15 heavy (non-hydrogen) atoms. The maximum absolute atomic E-state index is 10.4. The van der Waals surface area contributed by atoms with E-state index in [1.807, 2.05) is 0 Å². The van der Waals surface area contributed by atoms with E-state index < -0.39 is 4.92 Å². The lowest BCUT2D eigenvalue weighted by molar-refractivity contribution is -0.384. The Kier molecular flexibility index (Phi) is 4.42. The van der Waals surface area contributed by atoms with Crippen LogP contribution >= 0.6 is 11.8 Å². The van der Waals surface area contributed by atoms with Crippen LogP contribution in [-0.4, -0.2) is 23.0 Å². The van der Waals surface area contributed by atoms with Crippen LogP contribution in [0.1, 0.15) is 6.92 Å². The average Bonchev–Trinajstić information content (AvgIpc) is 2.26. The van der Waals surface area contributed by atoms with Crippen molar-refractivity contribution in [1.82, 2.24) is 0 Å². The Morgan fingerprint density at radius 2 is 2.07 bits per heavy atom. The molecule has 0 spiro atoms. The molecular weight excluding hydrogens is 212 g/mol. The van der Waals surface area contributed by atoms with Gasteiger partial charge in [0.05, 0.1) is 4.92 Å². The molecule has 0 bridgehead atoms. The summed E-state index contributed by atoms with van der Waals surface area (Å²) in [5, 5.41) is 14.2. The van der Waals surface area contributed by atoms with Gasteiger partial charge < -0.3 is 5.32 Å². The summed E-state index contributed by atoms with van der Waals surface area (Å²) in [6.07, 6.45) is 2.06. The predicted molar refractivity (Wildman–Crippen MR) is 64.6 cm³/mol. The molecule has 0 aliphatic carbocycles. The molecule has 0 amide bonds. The minimum absolute atomic E-state index is 0.124. The molecule has 0 fully saturated rings. The van der Waals surface area contributed by atoms with Crippen LogP contribution in [0.4, 0.5) is 11.4 Å². The second-order valence-corrected chi connectivity index (χ2v) is 4.51. The lowest BCUT2D eigenvalue weighted by atomic mass is 10.3. The third-order valence-corrected chi connectivity index (χ3v) is 3.05. The van der Waals surface area contributed by atoms with Gasteiger partial charge in [-0.1, -0.05) is 6.92 Å². The molecular formula is C10H14N2O2S. The van der Waals surface area contributed by atoms with Crippen LogP contribution in [0.3, 0.4) is 0 Å². The van der Waals surface area contributed by atoms with Crippen molar-refractivity contribution in [3.63, 3.8) is 0 Å². The smallest absolute Gasteiger partial charge is 0.269 e. The largest absolute Gasteiger partial charge is 0.384 e. The predicted octanol–water partition coefficient (Wildman–Crippen LogP) is 2.76. The van der Waals surface area contributed by atoms with Gasteiger partial charge in [0.25, 0.3) is 5.69 Å². The number of nitrogens with one attached hydrogen (secondary N) is 1. The molecule has 5 heteroatoms. The molecule has 0 saturated heterocycles. The molecule has 1 rings (SSSR count). The van der Waals surface area contributed by atoms with Gasteiger partial charge in [-0.2, -0.15) is 11.8 Å². The minimum atomic E-state index is -0.395. The highest BCUT2D eigenvalue weighted by molar-refractivity contribution is 7.99. The minimum Gasteiger partial charge on any atom is -0.384 e. The summed E-state index contributed by atoms with van der Waals surface area (Å²) in [4.78, 5) is 10.0. The van der Waals surface area contributed by atoms with E-state index in [-0.39, 0.29) is 5.69 Å². The highest BCUT2D eigenvalue weighted by atomic mass is 32.2. The number of nitro groups is 1. The maximum Gasteiger partial charge on any atom is 0.269 e. The summed E-state index contributed by atoms with van der Waals surface area (Å²) < 4.78 is 0. The lowest BCUT2D eigenvalue weighted by Crippen LogP contribution is -2.12. The van der Waals surface area contributed by atoms with E-state index in [2.05, 4.69) is 18.5 Å². The molecule has 1 aromatic carbocycles. The molecule has 0 aliphatic heterocycles. The van der Waals surface area contributed by atoms with Crippen LogP contribution in [0, 0.1) is 10.1 Å². The van der Waals surface area contributed by atoms with Gasteiger partial charge in [0.15, 0.2) is 0 Å². The number of nitro benzene ring substituents is 1. The summed E-state index contributed by atoms with van der Waals surface area (Å²) in [7, 11) is 0. The van der Waals surface area contributed by atoms with Crippen molar-refractivity contribution in [2.24, 2.45) is 0 Å². The van der Waals surface area contributed by atoms with Gasteiger partial charge in [0, 0.05) is 29.6 Å². The average molecular weight is 226 g/mol. The fourth-order valence-electron chi connectivity index (χ4n) is 1.05. The van der Waals surface area contributed by atoms with Gasteiger partial charge in [-0.25, -0.2) is 0 Å². The Hall–Kier alpha value is -1.23. The third-order valence-electron chi connectivity index (χ3n) is 2.07. The Morgan fingerprint density at radius 3 is 2.53 bits per heavy atom. The number of nitrogens with zero attached hydrogens (tertiary/aromatic N) is 1. The monoisotopic (exact) mass is 226 g/mol. The molecule has 1 aromatic rings. The van der Waals surface area contributed by atoms with E-state index in [0.717, 1.165) is 12.2 Å². The van der Waals surface area contributed by atoms with Crippen LogP contribution in [0.5, 0.6) is 0 Å². The number of non-ortho nitro benzene ring substituents is 1. The van der Waals surface area contributed by atoms with Crippen LogP contribution in [-0.2, 0) is 0 Å². The molecule has 4 nitrogen and oxygen atoms in total. The first-order valence-corrected chi connectivity index (χ1v) is 5.93. The van der Waals surface area contributed by atoms with Crippen molar-refractivity contribution in [2.75, 3.05) is 18.1 Å².